The lowest BCUT2D eigenvalue weighted by atomic mass is 9.87. The van der Waals surface area contributed by atoms with Crippen LogP contribution in [0.25, 0.3) is 0 Å². The topological polar surface area (TPSA) is 93.8 Å². The van der Waals surface area contributed by atoms with Crippen LogP contribution in [-0.4, -0.2) is 29.5 Å². The zero-order chi connectivity index (χ0) is 18.6. The van der Waals surface area contributed by atoms with Crippen molar-refractivity contribution in [3.05, 3.63) is 46.9 Å². The van der Waals surface area contributed by atoms with E-state index in [0.29, 0.717) is 28.4 Å². The van der Waals surface area contributed by atoms with E-state index in [-0.39, 0.29) is 36.1 Å². The molecule has 8 heteroatoms. The number of rotatable bonds is 5. The number of aliphatic imine (C=N–C) groups is 2. The lowest BCUT2D eigenvalue weighted by molar-refractivity contribution is -0.115. The quantitative estimate of drug-likeness (QED) is 0.589. The number of carbonyl (C=O) groups is 1. The van der Waals surface area contributed by atoms with Gasteiger partial charge in [0.2, 0.25) is 0 Å². The summed E-state index contributed by atoms with van der Waals surface area (Å²) in [6.45, 7) is 3.62. The Hall–Kier alpha value is -1.86. The van der Waals surface area contributed by atoms with Crippen molar-refractivity contribution in [2.75, 3.05) is 12.8 Å². The van der Waals surface area contributed by atoms with Crippen LogP contribution in [0.2, 0.25) is 0 Å². The number of thioether (sulfide) groups is 1. The largest absolute Gasteiger partial charge is 0.396 e. The van der Waals surface area contributed by atoms with E-state index in [9.17, 15) is 9.18 Å². The maximum Gasteiger partial charge on any atom is 0.182 e. The zero-order valence-corrected chi connectivity index (χ0v) is 16.7. The van der Waals surface area contributed by atoms with E-state index in [2.05, 4.69) is 9.98 Å². The number of hydrogen-bond acceptors (Lipinski definition) is 6. The summed E-state index contributed by atoms with van der Waals surface area (Å²) in [5.41, 5.74) is 12.9. The molecule has 1 aliphatic rings. The second-order valence-electron chi connectivity index (χ2n) is 6.20. The van der Waals surface area contributed by atoms with Crippen LogP contribution in [0.1, 0.15) is 31.4 Å². The molecule has 5 nitrogen and oxygen atoms in total. The van der Waals surface area contributed by atoms with Gasteiger partial charge in [-0.15, -0.1) is 12.4 Å². The van der Waals surface area contributed by atoms with Crippen LogP contribution in [0.3, 0.4) is 0 Å². The van der Waals surface area contributed by atoms with Crippen molar-refractivity contribution in [3.8, 4) is 0 Å². The number of allylic oxidation sites excluding steroid dienone is 2. The van der Waals surface area contributed by atoms with Gasteiger partial charge in [0.25, 0.3) is 0 Å². The molecule has 0 bridgehead atoms. The van der Waals surface area contributed by atoms with Gasteiger partial charge in [0.05, 0.1) is 11.2 Å². The van der Waals surface area contributed by atoms with Gasteiger partial charge >= 0.3 is 0 Å². The molecule has 0 spiro atoms. The highest BCUT2D eigenvalue weighted by molar-refractivity contribution is 8.13. The van der Waals surface area contributed by atoms with Crippen LogP contribution in [0, 0.1) is 5.82 Å². The maximum atomic E-state index is 14.4. The second kappa shape index (κ2) is 9.19. The lowest BCUT2D eigenvalue weighted by Crippen LogP contribution is -2.30. The van der Waals surface area contributed by atoms with E-state index in [1.807, 2.05) is 6.92 Å². The van der Waals surface area contributed by atoms with Crippen LogP contribution < -0.4 is 11.5 Å². The minimum atomic E-state index is -0.717. The third-order valence-electron chi connectivity index (χ3n) is 4.21. The van der Waals surface area contributed by atoms with Crippen LogP contribution in [-0.2, 0) is 16.8 Å². The Labute approximate surface area is 163 Å². The van der Waals surface area contributed by atoms with Gasteiger partial charge in [-0.05, 0) is 44.0 Å². The van der Waals surface area contributed by atoms with Gasteiger partial charge in [0.1, 0.15) is 5.82 Å². The van der Waals surface area contributed by atoms with Crippen LogP contribution >= 0.6 is 24.2 Å². The molecule has 4 N–H and O–H groups in total. The molecule has 0 aliphatic carbocycles. The Morgan fingerprint density at radius 2 is 2.19 bits per heavy atom. The molecule has 142 valence electrons. The van der Waals surface area contributed by atoms with Crippen LogP contribution in [0.15, 0.2) is 40.0 Å². The first-order valence-electron chi connectivity index (χ1n) is 7.96. The molecular formula is C18H24ClFN4OS. The van der Waals surface area contributed by atoms with Crippen molar-refractivity contribution in [2.24, 2.45) is 21.5 Å². The number of amidine groups is 1. The fourth-order valence-electron chi connectivity index (χ4n) is 2.63. The Kier molecular flexibility index (Phi) is 7.84. The van der Waals surface area contributed by atoms with E-state index in [1.165, 1.54) is 23.9 Å². The molecule has 1 aromatic carbocycles. The smallest absolute Gasteiger partial charge is 0.182 e. The Morgan fingerprint density at radius 1 is 1.50 bits per heavy atom. The number of carbonyl (C=O) groups excluding carboxylic acids is 1. The van der Waals surface area contributed by atoms with Gasteiger partial charge in [0, 0.05) is 30.5 Å². The molecule has 1 atom stereocenters. The average molecular weight is 399 g/mol. The average Bonchev–Trinajstić information content (AvgIpc) is 2.56. The van der Waals surface area contributed by atoms with Crippen molar-refractivity contribution in [1.29, 1.82) is 0 Å². The molecule has 26 heavy (non-hydrogen) atoms. The molecule has 0 unspecified atom stereocenters. The summed E-state index contributed by atoms with van der Waals surface area (Å²) in [6, 6.07) is 4.65. The fourth-order valence-corrected chi connectivity index (χ4v) is 3.61. The predicted octanol–water partition coefficient (Wildman–Crippen LogP) is 2.96. The SMILES string of the molecule is CN=C(C)C=C(N)C(=O)Cc1ccc(F)c([C@]2(C)CCSC(N)=N2)c1.Cl. The highest BCUT2D eigenvalue weighted by Gasteiger charge is 2.32. The van der Waals surface area contributed by atoms with E-state index in [1.54, 1.807) is 26.1 Å². The number of halogens is 2. The lowest BCUT2D eigenvalue weighted by Gasteiger charge is -2.30. The molecule has 0 aromatic heterocycles. The van der Waals surface area contributed by atoms with Crippen LogP contribution in [0.4, 0.5) is 4.39 Å². The first-order valence-corrected chi connectivity index (χ1v) is 8.94. The van der Waals surface area contributed by atoms with Crippen molar-refractivity contribution in [2.45, 2.75) is 32.2 Å². The first-order chi connectivity index (χ1) is 11.7. The summed E-state index contributed by atoms with van der Waals surface area (Å²) < 4.78 is 14.4. The summed E-state index contributed by atoms with van der Waals surface area (Å²) in [5.74, 6) is 0.201. The highest BCUT2D eigenvalue weighted by atomic mass is 35.5. The number of Topliss-reactive ketones (excluding diaryl/α,β-unsaturated/α-hetero) is 1. The van der Waals surface area contributed by atoms with Crippen molar-refractivity contribution < 1.29 is 9.18 Å². The summed E-state index contributed by atoms with van der Waals surface area (Å²) in [7, 11) is 1.63. The summed E-state index contributed by atoms with van der Waals surface area (Å²) in [6.07, 6.45) is 2.31. The fraction of sp³-hybridized carbons (Fsp3) is 0.389. The molecule has 1 aliphatic heterocycles. The normalized spacial score (nSPS) is 21.0. The van der Waals surface area contributed by atoms with Crippen molar-refractivity contribution in [1.82, 2.24) is 0 Å². The minimum Gasteiger partial charge on any atom is -0.396 e. The molecule has 0 saturated heterocycles. The van der Waals surface area contributed by atoms with Gasteiger partial charge in [-0.1, -0.05) is 17.8 Å². The van der Waals surface area contributed by atoms with Crippen LogP contribution in [0.5, 0.6) is 0 Å². The number of benzene rings is 1. The third-order valence-corrected chi connectivity index (χ3v) is 5.01. The van der Waals surface area contributed by atoms with Gasteiger partial charge in [-0.2, -0.15) is 0 Å². The number of hydrogen-bond donors (Lipinski definition) is 2. The standard InChI is InChI=1S/C18H23FN4OS.ClH/c1-11(22-3)8-15(20)16(24)10-12-4-5-14(19)13(9-12)18(2)6-7-25-17(21)23-18;/h4-5,8-9H,6-7,10,20H2,1-3H3,(H2,21,23);1H/t18-;/m0./s1. The third kappa shape index (κ3) is 5.32. The molecule has 1 heterocycles. The Bertz CT molecular complexity index is 778. The number of nitrogens with two attached hydrogens (primary N) is 2. The minimum absolute atomic E-state index is 0. The van der Waals surface area contributed by atoms with Crippen molar-refractivity contribution >= 4 is 40.8 Å². The molecule has 0 fully saturated rings. The molecule has 1 aromatic rings. The first kappa shape index (κ1) is 22.2. The highest BCUT2D eigenvalue weighted by Crippen LogP contribution is 2.36. The van der Waals surface area contributed by atoms with Gasteiger partial charge < -0.3 is 11.5 Å². The summed E-state index contributed by atoms with van der Waals surface area (Å²) in [4.78, 5) is 20.7. The monoisotopic (exact) mass is 398 g/mol. The molecule has 0 radical (unpaired) electrons. The molecular weight excluding hydrogens is 375 g/mol. The molecule has 2 rings (SSSR count). The van der Waals surface area contributed by atoms with Gasteiger partial charge in [0.15, 0.2) is 11.0 Å². The molecule has 0 saturated carbocycles. The maximum absolute atomic E-state index is 14.4. The van der Waals surface area contributed by atoms with E-state index < -0.39 is 5.54 Å². The number of ketones is 1. The molecule has 0 amide bonds. The van der Waals surface area contributed by atoms with Gasteiger partial charge in [-0.25, -0.2) is 4.39 Å². The Morgan fingerprint density at radius 3 is 2.81 bits per heavy atom. The van der Waals surface area contributed by atoms with E-state index in [4.69, 9.17) is 11.5 Å². The van der Waals surface area contributed by atoms with Crippen molar-refractivity contribution in [3.63, 3.8) is 0 Å². The predicted molar refractivity (Wildman–Crippen MR) is 110 cm³/mol. The van der Waals surface area contributed by atoms with E-state index in [0.717, 1.165) is 5.75 Å². The van der Waals surface area contributed by atoms with E-state index >= 15 is 0 Å². The second-order valence-corrected chi connectivity index (χ2v) is 7.32. The summed E-state index contributed by atoms with van der Waals surface area (Å²) in [5, 5.41) is 0.455. The summed E-state index contributed by atoms with van der Waals surface area (Å²) >= 11 is 1.46. The Balaban J connectivity index is 0.00000338. The van der Waals surface area contributed by atoms with Gasteiger partial charge in [-0.3, -0.25) is 14.8 Å². The zero-order valence-electron chi connectivity index (χ0n) is 15.1. The number of nitrogens with zero attached hydrogens (tertiary/aromatic N) is 2.